The SMILES string of the molecule is CCOc1cccc(CNc2c(F)cccc2Br)c1OC. The fourth-order valence-electron chi connectivity index (χ4n) is 2.05. The van der Waals surface area contributed by atoms with E-state index in [2.05, 4.69) is 21.2 Å². The summed E-state index contributed by atoms with van der Waals surface area (Å²) in [6.07, 6.45) is 0. The van der Waals surface area contributed by atoms with Gasteiger partial charge < -0.3 is 14.8 Å². The Hall–Kier alpha value is -1.75. The van der Waals surface area contributed by atoms with Crippen molar-refractivity contribution in [1.82, 2.24) is 0 Å². The minimum atomic E-state index is -0.302. The fourth-order valence-corrected chi connectivity index (χ4v) is 2.53. The summed E-state index contributed by atoms with van der Waals surface area (Å²) in [5.41, 5.74) is 1.33. The third kappa shape index (κ3) is 3.67. The van der Waals surface area contributed by atoms with Crippen LogP contribution in [0.5, 0.6) is 11.5 Å². The lowest BCUT2D eigenvalue weighted by molar-refractivity contribution is 0.309. The maximum atomic E-state index is 13.8. The van der Waals surface area contributed by atoms with Crippen LogP contribution in [-0.4, -0.2) is 13.7 Å². The van der Waals surface area contributed by atoms with Gasteiger partial charge in [0.15, 0.2) is 11.5 Å². The highest BCUT2D eigenvalue weighted by Crippen LogP contribution is 2.32. The van der Waals surface area contributed by atoms with Crippen molar-refractivity contribution in [2.45, 2.75) is 13.5 Å². The Morgan fingerprint density at radius 1 is 1.19 bits per heavy atom. The van der Waals surface area contributed by atoms with Crippen LogP contribution in [-0.2, 0) is 6.54 Å². The largest absolute Gasteiger partial charge is 0.493 e. The molecule has 2 rings (SSSR count). The standard InChI is InChI=1S/C16H17BrFNO2/c1-3-21-14-9-4-6-11(16(14)20-2)10-19-15-12(17)7-5-8-13(15)18/h4-9,19H,3,10H2,1-2H3. The van der Waals surface area contributed by atoms with Gasteiger partial charge in [0.25, 0.3) is 0 Å². The van der Waals surface area contributed by atoms with Gasteiger partial charge in [0.2, 0.25) is 0 Å². The molecule has 0 spiro atoms. The topological polar surface area (TPSA) is 30.5 Å². The van der Waals surface area contributed by atoms with Gasteiger partial charge in [0.1, 0.15) is 5.82 Å². The number of benzene rings is 2. The molecule has 1 N–H and O–H groups in total. The Balaban J connectivity index is 2.22. The van der Waals surface area contributed by atoms with E-state index >= 15 is 0 Å². The van der Waals surface area contributed by atoms with Gasteiger partial charge in [-0.1, -0.05) is 18.2 Å². The second-order valence-corrected chi connectivity index (χ2v) is 5.19. The zero-order chi connectivity index (χ0) is 15.2. The van der Waals surface area contributed by atoms with Crippen LogP contribution in [0.1, 0.15) is 12.5 Å². The number of para-hydroxylation sites is 2. The van der Waals surface area contributed by atoms with Crippen molar-refractivity contribution < 1.29 is 13.9 Å². The molecule has 3 nitrogen and oxygen atoms in total. The van der Waals surface area contributed by atoms with Crippen LogP contribution in [0.2, 0.25) is 0 Å². The number of halogens is 2. The molecule has 0 saturated heterocycles. The van der Waals surface area contributed by atoms with Crippen molar-refractivity contribution >= 4 is 21.6 Å². The van der Waals surface area contributed by atoms with Crippen LogP contribution >= 0.6 is 15.9 Å². The Kier molecular flexibility index (Phi) is 5.44. The third-order valence-electron chi connectivity index (χ3n) is 2.98. The predicted octanol–water partition coefficient (Wildman–Crippen LogP) is 4.61. The highest BCUT2D eigenvalue weighted by atomic mass is 79.9. The Morgan fingerprint density at radius 3 is 2.62 bits per heavy atom. The maximum absolute atomic E-state index is 13.8. The molecular formula is C16H17BrFNO2. The van der Waals surface area contributed by atoms with Crippen LogP contribution in [0.3, 0.4) is 0 Å². The molecule has 0 aliphatic carbocycles. The average molecular weight is 354 g/mol. The van der Waals surface area contributed by atoms with Gasteiger partial charge in [-0.05, 0) is 41.1 Å². The van der Waals surface area contributed by atoms with E-state index < -0.39 is 0 Å². The highest BCUT2D eigenvalue weighted by molar-refractivity contribution is 9.10. The minimum Gasteiger partial charge on any atom is -0.493 e. The first-order valence-electron chi connectivity index (χ1n) is 6.64. The second-order valence-electron chi connectivity index (χ2n) is 4.33. The van der Waals surface area contributed by atoms with Gasteiger partial charge in [-0.3, -0.25) is 0 Å². The highest BCUT2D eigenvalue weighted by Gasteiger charge is 2.11. The Morgan fingerprint density at radius 2 is 1.95 bits per heavy atom. The number of hydrogen-bond acceptors (Lipinski definition) is 3. The zero-order valence-electron chi connectivity index (χ0n) is 12.0. The third-order valence-corrected chi connectivity index (χ3v) is 3.64. The summed E-state index contributed by atoms with van der Waals surface area (Å²) in [4.78, 5) is 0. The second kappa shape index (κ2) is 7.31. The Labute approximate surface area is 132 Å². The van der Waals surface area contributed by atoms with Crippen molar-refractivity contribution in [3.05, 3.63) is 52.3 Å². The summed E-state index contributed by atoms with van der Waals surface area (Å²) in [6.45, 7) is 2.91. The lowest BCUT2D eigenvalue weighted by Crippen LogP contribution is -2.05. The summed E-state index contributed by atoms with van der Waals surface area (Å²) >= 11 is 3.34. The van der Waals surface area contributed by atoms with E-state index in [1.165, 1.54) is 6.07 Å². The molecule has 0 atom stereocenters. The normalized spacial score (nSPS) is 10.3. The molecule has 0 unspecified atom stereocenters. The first-order valence-corrected chi connectivity index (χ1v) is 7.43. The molecule has 0 aliphatic heterocycles. The number of anilines is 1. The van der Waals surface area contributed by atoms with Gasteiger partial charge in [0, 0.05) is 16.6 Å². The summed E-state index contributed by atoms with van der Waals surface area (Å²) in [6, 6.07) is 10.5. The van der Waals surface area contributed by atoms with Gasteiger partial charge in [-0.2, -0.15) is 0 Å². The van der Waals surface area contributed by atoms with Crippen molar-refractivity contribution in [3.8, 4) is 11.5 Å². The van der Waals surface area contributed by atoms with Gasteiger partial charge in [-0.25, -0.2) is 4.39 Å². The molecule has 21 heavy (non-hydrogen) atoms. The molecule has 112 valence electrons. The molecule has 5 heteroatoms. The van der Waals surface area contributed by atoms with E-state index in [0.717, 1.165) is 5.56 Å². The smallest absolute Gasteiger partial charge is 0.165 e. The van der Waals surface area contributed by atoms with E-state index in [1.54, 1.807) is 19.2 Å². The molecule has 0 saturated carbocycles. The van der Waals surface area contributed by atoms with E-state index in [4.69, 9.17) is 9.47 Å². The van der Waals surface area contributed by atoms with E-state index in [9.17, 15) is 4.39 Å². The quantitative estimate of drug-likeness (QED) is 0.822. The number of methoxy groups -OCH3 is 1. The minimum absolute atomic E-state index is 0.302. The predicted molar refractivity (Wildman–Crippen MR) is 85.6 cm³/mol. The number of ether oxygens (including phenoxy) is 2. The molecule has 0 fully saturated rings. The van der Waals surface area contributed by atoms with Gasteiger partial charge in [-0.15, -0.1) is 0 Å². The number of hydrogen-bond donors (Lipinski definition) is 1. The van der Waals surface area contributed by atoms with E-state index in [0.29, 0.717) is 34.8 Å². The zero-order valence-corrected chi connectivity index (χ0v) is 13.5. The van der Waals surface area contributed by atoms with Crippen molar-refractivity contribution in [3.63, 3.8) is 0 Å². The van der Waals surface area contributed by atoms with Crippen LogP contribution in [0.15, 0.2) is 40.9 Å². The molecule has 0 radical (unpaired) electrons. The van der Waals surface area contributed by atoms with E-state index in [1.807, 2.05) is 25.1 Å². The van der Waals surface area contributed by atoms with Crippen LogP contribution in [0, 0.1) is 5.82 Å². The molecule has 0 aromatic heterocycles. The first kappa shape index (κ1) is 15.6. The summed E-state index contributed by atoms with van der Waals surface area (Å²) in [7, 11) is 1.60. The van der Waals surface area contributed by atoms with Crippen molar-refractivity contribution in [1.29, 1.82) is 0 Å². The number of nitrogens with one attached hydrogen (secondary N) is 1. The first-order chi connectivity index (χ1) is 10.2. The molecule has 0 aliphatic rings. The Bertz CT molecular complexity index is 599. The molecule has 2 aromatic rings. The maximum Gasteiger partial charge on any atom is 0.165 e. The van der Waals surface area contributed by atoms with Crippen LogP contribution in [0.4, 0.5) is 10.1 Å². The molecule has 0 heterocycles. The summed E-state index contributed by atoms with van der Waals surface area (Å²) < 4.78 is 25.4. The molecule has 0 bridgehead atoms. The lowest BCUT2D eigenvalue weighted by atomic mass is 10.1. The lowest BCUT2D eigenvalue weighted by Gasteiger charge is -2.15. The average Bonchev–Trinajstić information content (AvgIpc) is 2.47. The van der Waals surface area contributed by atoms with E-state index in [-0.39, 0.29) is 5.82 Å². The van der Waals surface area contributed by atoms with Crippen LogP contribution < -0.4 is 14.8 Å². The molecular weight excluding hydrogens is 337 g/mol. The fraction of sp³-hybridized carbons (Fsp3) is 0.250. The number of rotatable bonds is 6. The van der Waals surface area contributed by atoms with Crippen molar-refractivity contribution in [2.75, 3.05) is 19.0 Å². The summed E-state index contributed by atoms with van der Waals surface area (Å²) in [5.74, 6) is 1.05. The summed E-state index contributed by atoms with van der Waals surface area (Å²) in [5, 5.41) is 3.08. The van der Waals surface area contributed by atoms with Crippen molar-refractivity contribution in [2.24, 2.45) is 0 Å². The van der Waals surface area contributed by atoms with Gasteiger partial charge >= 0.3 is 0 Å². The molecule has 0 amide bonds. The van der Waals surface area contributed by atoms with Gasteiger partial charge in [0.05, 0.1) is 19.4 Å². The molecule has 2 aromatic carbocycles. The van der Waals surface area contributed by atoms with Crippen LogP contribution in [0.25, 0.3) is 0 Å². The monoisotopic (exact) mass is 353 g/mol.